The predicted octanol–water partition coefficient (Wildman–Crippen LogP) is 4.40. The van der Waals surface area contributed by atoms with Gasteiger partial charge in [-0.3, -0.25) is 20.4 Å². The molecular formula is C21H18Cl2N2O5. The van der Waals surface area contributed by atoms with Gasteiger partial charge in [0, 0.05) is 6.07 Å². The van der Waals surface area contributed by atoms with Gasteiger partial charge in [0.05, 0.1) is 23.1 Å². The molecule has 0 spiro atoms. The average Bonchev–Trinajstić information content (AvgIpc) is 3.23. The van der Waals surface area contributed by atoms with Crippen LogP contribution in [0.5, 0.6) is 11.5 Å². The first-order valence-electron chi connectivity index (χ1n) is 8.95. The second-order valence-corrected chi connectivity index (χ2v) is 6.86. The van der Waals surface area contributed by atoms with Crippen LogP contribution >= 0.6 is 23.2 Å². The highest BCUT2D eigenvalue weighted by Crippen LogP contribution is 2.26. The second kappa shape index (κ2) is 10.6. The van der Waals surface area contributed by atoms with E-state index in [0.29, 0.717) is 27.3 Å². The molecule has 1 heterocycles. The Kier molecular flexibility index (Phi) is 7.59. The van der Waals surface area contributed by atoms with Gasteiger partial charge in [0.2, 0.25) is 5.91 Å². The molecule has 0 saturated carbocycles. The Balaban J connectivity index is 1.38. The normalized spacial score (nSPS) is 10.3. The number of ether oxygens (including phenoxy) is 2. The Morgan fingerprint density at radius 3 is 2.43 bits per heavy atom. The summed E-state index contributed by atoms with van der Waals surface area (Å²) in [5, 5.41) is 0.773. The van der Waals surface area contributed by atoms with Crippen LogP contribution in [-0.4, -0.2) is 18.4 Å². The molecule has 0 saturated heterocycles. The number of amides is 2. The van der Waals surface area contributed by atoms with E-state index in [1.54, 1.807) is 24.3 Å². The number of halogens is 2. The summed E-state index contributed by atoms with van der Waals surface area (Å²) in [5.74, 6) is 0.694. The van der Waals surface area contributed by atoms with Crippen molar-refractivity contribution in [2.24, 2.45) is 0 Å². The lowest BCUT2D eigenvalue weighted by Gasteiger charge is -2.08. The number of para-hydroxylation sites is 1. The minimum atomic E-state index is -0.584. The lowest BCUT2D eigenvalue weighted by atomic mass is 10.3. The van der Waals surface area contributed by atoms with Gasteiger partial charge in [-0.05, 0) is 36.4 Å². The van der Waals surface area contributed by atoms with Crippen molar-refractivity contribution in [3.8, 4) is 11.5 Å². The molecule has 2 aromatic carbocycles. The van der Waals surface area contributed by atoms with Crippen molar-refractivity contribution < 1.29 is 23.5 Å². The highest BCUT2D eigenvalue weighted by Gasteiger charge is 2.13. The zero-order chi connectivity index (χ0) is 21.3. The first-order valence-corrected chi connectivity index (χ1v) is 9.70. The van der Waals surface area contributed by atoms with E-state index < -0.39 is 11.8 Å². The molecule has 3 rings (SSSR count). The lowest BCUT2D eigenvalue weighted by molar-refractivity contribution is -0.122. The van der Waals surface area contributed by atoms with E-state index in [-0.39, 0.29) is 25.4 Å². The fraction of sp³-hybridized carbons (Fsp3) is 0.143. The van der Waals surface area contributed by atoms with Gasteiger partial charge in [0.1, 0.15) is 23.9 Å². The van der Waals surface area contributed by atoms with Gasteiger partial charge in [-0.25, -0.2) is 0 Å². The Morgan fingerprint density at radius 2 is 1.67 bits per heavy atom. The molecule has 0 aliphatic heterocycles. The van der Waals surface area contributed by atoms with E-state index in [0.717, 1.165) is 0 Å². The predicted molar refractivity (Wildman–Crippen MR) is 112 cm³/mol. The summed E-state index contributed by atoms with van der Waals surface area (Å²) < 4.78 is 16.4. The molecule has 0 aliphatic rings. The summed E-state index contributed by atoms with van der Waals surface area (Å²) in [6.07, 6.45) is 0.0227. The van der Waals surface area contributed by atoms with Crippen LogP contribution in [0.15, 0.2) is 65.1 Å². The van der Waals surface area contributed by atoms with Crippen LogP contribution in [0.3, 0.4) is 0 Å². The Morgan fingerprint density at radius 1 is 0.867 bits per heavy atom. The Bertz CT molecular complexity index is 1010. The van der Waals surface area contributed by atoms with Crippen molar-refractivity contribution in [2.45, 2.75) is 13.0 Å². The molecule has 3 aromatic rings. The number of furan rings is 1. The Labute approximate surface area is 182 Å². The number of hydrazine groups is 1. The molecule has 30 heavy (non-hydrogen) atoms. The largest absolute Gasteiger partial charge is 0.493 e. The van der Waals surface area contributed by atoms with Crippen LogP contribution in [0.1, 0.15) is 22.7 Å². The van der Waals surface area contributed by atoms with E-state index >= 15 is 0 Å². The molecule has 9 heteroatoms. The van der Waals surface area contributed by atoms with Crippen molar-refractivity contribution >= 4 is 35.0 Å². The molecule has 7 nitrogen and oxygen atoms in total. The maximum absolute atomic E-state index is 12.1. The van der Waals surface area contributed by atoms with Crippen molar-refractivity contribution in [1.82, 2.24) is 10.9 Å². The standard InChI is InChI=1S/C21H18Cl2N2O5/c22-17-8-6-15(12-18(17)23)28-11-10-20(26)24-25-21(27)19-9-7-16(30-19)13-29-14-4-2-1-3-5-14/h1-9,12H,10-11,13H2,(H,24,26)(H,25,27). The fourth-order valence-electron chi connectivity index (χ4n) is 2.33. The molecule has 0 aliphatic carbocycles. The van der Waals surface area contributed by atoms with Crippen LogP contribution in [0.2, 0.25) is 10.0 Å². The third kappa shape index (κ3) is 6.43. The minimum Gasteiger partial charge on any atom is -0.493 e. The lowest BCUT2D eigenvalue weighted by Crippen LogP contribution is -2.41. The smallest absolute Gasteiger partial charge is 0.305 e. The maximum atomic E-state index is 12.1. The molecule has 0 atom stereocenters. The summed E-state index contributed by atoms with van der Waals surface area (Å²) in [6, 6.07) is 17.2. The van der Waals surface area contributed by atoms with Gasteiger partial charge in [0.25, 0.3) is 0 Å². The van der Waals surface area contributed by atoms with E-state index in [2.05, 4.69) is 10.9 Å². The number of rotatable bonds is 8. The Hall–Kier alpha value is -3.16. The van der Waals surface area contributed by atoms with Gasteiger partial charge in [0.15, 0.2) is 5.76 Å². The first-order chi connectivity index (χ1) is 14.5. The third-order valence-corrected chi connectivity index (χ3v) is 4.55. The van der Waals surface area contributed by atoms with Crippen LogP contribution in [-0.2, 0) is 11.4 Å². The van der Waals surface area contributed by atoms with Crippen LogP contribution in [0.4, 0.5) is 0 Å². The van der Waals surface area contributed by atoms with Crippen LogP contribution < -0.4 is 20.3 Å². The maximum Gasteiger partial charge on any atom is 0.305 e. The highest BCUT2D eigenvalue weighted by molar-refractivity contribution is 6.42. The number of carbonyl (C=O) groups excluding carboxylic acids is 2. The van der Waals surface area contributed by atoms with Gasteiger partial charge in [-0.1, -0.05) is 41.4 Å². The van der Waals surface area contributed by atoms with Crippen molar-refractivity contribution in [2.75, 3.05) is 6.61 Å². The molecule has 156 valence electrons. The monoisotopic (exact) mass is 448 g/mol. The second-order valence-electron chi connectivity index (χ2n) is 6.04. The fourth-order valence-corrected chi connectivity index (χ4v) is 2.62. The summed E-state index contributed by atoms with van der Waals surface area (Å²) in [5.41, 5.74) is 4.58. The third-order valence-electron chi connectivity index (χ3n) is 3.81. The first kappa shape index (κ1) is 21.5. The van der Waals surface area contributed by atoms with Crippen molar-refractivity contribution in [3.05, 3.63) is 82.2 Å². The molecule has 0 unspecified atom stereocenters. The molecular weight excluding hydrogens is 431 g/mol. The molecule has 2 N–H and O–H groups in total. The zero-order valence-corrected chi connectivity index (χ0v) is 17.2. The number of hydrogen-bond donors (Lipinski definition) is 2. The van der Waals surface area contributed by atoms with Crippen LogP contribution in [0.25, 0.3) is 0 Å². The molecule has 1 aromatic heterocycles. The SMILES string of the molecule is O=C(CCOc1ccc(Cl)c(Cl)c1)NNC(=O)c1ccc(COc2ccccc2)o1. The molecule has 2 amide bonds. The van der Waals surface area contributed by atoms with Gasteiger partial charge in [-0.2, -0.15) is 0 Å². The number of carbonyl (C=O) groups is 2. The highest BCUT2D eigenvalue weighted by atomic mass is 35.5. The van der Waals surface area contributed by atoms with Gasteiger partial charge < -0.3 is 13.9 Å². The number of hydrogen-bond acceptors (Lipinski definition) is 5. The van der Waals surface area contributed by atoms with E-state index in [1.807, 2.05) is 30.3 Å². The zero-order valence-electron chi connectivity index (χ0n) is 15.7. The van der Waals surface area contributed by atoms with Gasteiger partial charge >= 0.3 is 5.91 Å². The van der Waals surface area contributed by atoms with Crippen molar-refractivity contribution in [1.29, 1.82) is 0 Å². The molecule has 0 fully saturated rings. The topological polar surface area (TPSA) is 89.8 Å². The van der Waals surface area contributed by atoms with Gasteiger partial charge in [-0.15, -0.1) is 0 Å². The molecule has 0 radical (unpaired) electrons. The minimum absolute atomic E-state index is 0.0227. The van der Waals surface area contributed by atoms with Crippen molar-refractivity contribution in [3.63, 3.8) is 0 Å². The van der Waals surface area contributed by atoms with Crippen LogP contribution in [0, 0.1) is 0 Å². The molecule has 0 bridgehead atoms. The van der Waals surface area contributed by atoms with E-state index in [1.165, 1.54) is 6.07 Å². The summed E-state index contributed by atoms with van der Waals surface area (Å²) in [4.78, 5) is 23.9. The number of benzene rings is 2. The average molecular weight is 449 g/mol. The quantitative estimate of drug-likeness (QED) is 0.498. The van der Waals surface area contributed by atoms with E-state index in [4.69, 9.17) is 37.1 Å². The van der Waals surface area contributed by atoms with E-state index in [9.17, 15) is 9.59 Å². The summed E-state index contributed by atoms with van der Waals surface area (Å²) >= 11 is 11.7. The summed E-state index contributed by atoms with van der Waals surface area (Å²) in [6.45, 7) is 0.275. The summed E-state index contributed by atoms with van der Waals surface area (Å²) in [7, 11) is 0. The number of nitrogens with one attached hydrogen (secondary N) is 2.